The molecule has 0 unspecified atom stereocenters. The Morgan fingerprint density at radius 1 is 1.22 bits per heavy atom. The number of rotatable bonds is 4. The number of anilines is 2. The summed E-state index contributed by atoms with van der Waals surface area (Å²) in [6.07, 6.45) is 4.71. The lowest BCUT2D eigenvalue weighted by Crippen LogP contribution is -2.26. The van der Waals surface area contributed by atoms with Crippen molar-refractivity contribution in [3.63, 3.8) is 0 Å². The number of aromatic nitrogens is 2. The summed E-state index contributed by atoms with van der Waals surface area (Å²) in [6.45, 7) is 4.14. The van der Waals surface area contributed by atoms with Gasteiger partial charge in [-0.25, -0.2) is 9.97 Å². The molecule has 0 aliphatic heterocycles. The number of ketones is 1. The summed E-state index contributed by atoms with van der Waals surface area (Å²) in [5, 5.41) is 6.62. The zero-order valence-electron chi connectivity index (χ0n) is 10.9. The number of nitrogens with one attached hydrogen (secondary N) is 2. The van der Waals surface area contributed by atoms with E-state index in [0.717, 1.165) is 24.5 Å². The Bertz CT molecular complexity index is 409. The normalized spacial score (nSPS) is 16.9. The first kappa shape index (κ1) is 12.8. The van der Waals surface area contributed by atoms with Crippen molar-refractivity contribution in [2.24, 2.45) is 0 Å². The van der Waals surface area contributed by atoms with Gasteiger partial charge in [0.2, 0.25) is 0 Å². The van der Waals surface area contributed by atoms with E-state index in [1.54, 1.807) is 6.33 Å². The SMILES string of the molecule is CC(C)Nc1cc(NC2CCC(=O)CC2)ncn1. The molecule has 1 saturated carbocycles. The molecule has 5 nitrogen and oxygen atoms in total. The van der Waals surface area contributed by atoms with Gasteiger partial charge in [0.15, 0.2) is 0 Å². The van der Waals surface area contributed by atoms with Crippen LogP contribution < -0.4 is 10.6 Å². The van der Waals surface area contributed by atoms with Crippen LogP contribution in [0, 0.1) is 0 Å². The summed E-state index contributed by atoms with van der Waals surface area (Å²) in [4.78, 5) is 19.6. The number of carbonyl (C=O) groups is 1. The van der Waals surface area contributed by atoms with E-state index < -0.39 is 0 Å². The van der Waals surface area contributed by atoms with Crippen LogP contribution in [0.1, 0.15) is 39.5 Å². The molecule has 2 rings (SSSR count). The van der Waals surface area contributed by atoms with Crippen LogP contribution in [0.25, 0.3) is 0 Å². The van der Waals surface area contributed by atoms with Crippen LogP contribution in [-0.2, 0) is 4.79 Å². The van der Waals surface area contributed by atoms with Crippen molar-refractivity contribution in [2.75, 3.05) is 10.6 Å². The smallest absolute Gasteiger partial charge is 0.133 e. The highest BCUT2D eigenvalue weighted by atomic mass is 16.1. The van der Waals surface area contributed by atoms with Gasteiger partial charge in [0.1, 0.15) is 23.7 Å². The second-order valence-corrected chi connectivity index (χ2v) is 5.04. The van der Waals surface area contributed by atoms with Crippen LogP contribution in [0.15, 0.2) is 12.4 Å². The summed E-state index contributed by atoms with van der Waals surface area (Å²) in [5.41, 5.74) is 0. The Kier molecular flexibility index (Phi) is 4.12. The van der Waals surface area contributed by atoms with Gasteiger partial charge in [-0.2, -0.15) is 0 Å². The number of hydrogen-bond acceptors (Lipinski definition) is 5. The number of Topliss-reactive ketones (excluding diaryl/α,β-unsaturated/α-hetero) is 1. The third-order valence-electron chi connectivity index (χ3n) is 3.00. The summed E-state index contributed by atoms with van der Waals surface area (Å²) in [5.74, 6) is 2.03. The lowest BCUT2D eigenvalue weighted by molar-refractivity contribution is -0.120. The maximum atomic E-state index is 11.2. The quantitative estimate of drug-likeness (QED) is 0.855. The minimum absolute atomic E-state index is 0.347. The first-order chi connectivity index (χ1) is 8.63. The van der Waals surface area contributed by atoms with Crippen molar-refractivity contribution in [3.8, 4) is 0 Å². The Labute approximate surface area is 107 Å². The van der Waals surface area contributed by atoms with Crippen molar-refractivity contribution < 1.29 is 4.79 Å². The molecule has 1 aliphatic rings. The Morgan fingerprint density at radius 2 is 1.89 bits per heavy atom. The summed E-state index contributed by atoms with van der Waals surface area (Å²) in [6, 6.07) is 2.61. The molecular weight excluding hydrogens is 228 g/mol. The molecule has 98 valence electrons. The van der Waals surface area contributed by atoms with E-state index in [2.05, 4.69) is 34.4 Å². The topological polar surface area (TPSA) is 66.9 Å². The lowest BCUT2D eigenvalue weighted by atomic mass is 9.94. The van der Waals surface area contributed by atoms with Crippen molar-refractivity contribution in [1.82, 2.24) is 9.97 Å². The standard InChI is InChI=1S/C13H20N4O/c1-9(2)16-12-7-13(15-8-14-12)17-10-3-5-11(18)6-4-10/h7-10H,3-6H2,1-2H3,(H2,14,15,16,17). The van der Waals surface area contributed by atoms with Crippen LogP contribution in [0.3, 0.4) is 0 Å². The van der Waals surface area contributed by atoms with E-state index in [4.69, 9.17) is 0 Å². The number of carbonyl (C=O) groups excluding carboxylic acids is 1. The van der Waals surface area contributed by atoms with Crippen LogP contribution in [0.2, 0.25) is 0 Å². The average molecular weight is 248 g/mol. The highest BCUT2D eigenvalue weighted by Crippen LogP contribution is 2.19. The van der Waals surface area contributed by atoms with Gasteiger partial charge in [0.05, 0.1) is 0 Å². The third kappa shape index (κ3) is 3.68. The number of hydrogen-bond donors (Lipinski definition) is 2. The van der Waals surface area contributed by atoms with Gasteiger partial charge < -0.3 is 10.6 Å². The molecule has 1 aliphatic carbocycles. The molecule has 5 heteroatoms. The van der Waals surface area contributed by atoms with E-state index in [1.165, 1.54) is 0 Å². The number of nitrogens with zero attached hydrogens (tertiary/aromatic N) is 2. The minimum Gasteiger partial charge on any atom is -0.368 e. The van der Waals surface area contributed by atoms with Gasteiger partial charge in [-0.05, 0) is 26.7 Å². The Morgan fingerprint density at radius 3 is 2.56 bits per heavy atom. The molecule has 0 atom stereocenters. The van der Waals surface area contributed by atoms with Gasteiger partial charge in [0.25, 0.3) is 0 Å². The van der Waals surface area contributed by atoms with Crippen LogP contribution in [0.4, 0.5) is 11.6 Å². The third-order valence-corrected chi connectivity index (χ3v) is 3.00. The molecule has 1 heterocycles. The largest absolute Gasteiger partial charge is 0.368 e. The fourth-order valence-corrected chi connectivity index (χ4v) is 2.10. The van der Waals surface area contributed by atoms with Crippen LogP contribution in [0.5, 0.6) is 0 Å². The van der Waals surface area contributed by atoms with E-state index >= 15 is 0 Å². The van der Waals surface area contributed by atoms with Crippen LogP contribution >= 0.6 is 0 Å². The highest BCUT2D eigenvalue weighted by molar-refractivity contribution is 5.79. The second-order valence-electron chi connectivity index (χ2n) is 5.04. The molecule has 2 N–H and O–H groups in total. The zero-order valence-corrected chi connectivity index (χ0v) is 10.9. The highest BCUT2D eigenvalue weighted by Gasteiger charge is 2.18. The molecule has 1 aromatic rings. The molecule has 1 aromatic heterocycles. The minimum atomic E-state index is 0.347. The average Bonchev–Trinajstić information content (AvgIpc) is 2.32. The molecular formula is C13H20N4O. The maximum Gasteiger partial charge on any atom is 0.133 e. The van der Waals surface area contributed by atoms with Crippen LogP contribution in [-0.4, -0.2) is 27.8 Å². The van der Waals surface area contributed by atoms with Gasteiger partial charge in [0, 0.05) is 31.0 Å². The fraction of sp³-hybridized carbons (Fsp3) is 0.615. The Hall–Kier alpha value is -1.65. The zero-order chi connectivity index (χ0) is 13.0. The van der Waals surface area contributed by atoms with Crippen molar-refractivity contribution in [3.05, 3.63) is 12.4 Å². The summed E-state index contributed by atoms with van der Waals surface area (Å²) < 4.78 is 0. The molecule has 0 spiro atoms. The van der Waals surface area contributed by atoms with Gasteiger partial charge in [-0.3, -0.25) is 4.79 Å². The summed E-state index contributed by atoms with van der Waals surface area (Å²) >= 11 is 0. The lowest BCUT2D eigenvalue weighted by Gasteiger charge is -2.22. The predicted octanol–water partition coefficient (Wildman–Crippen LogP) is 2.22. The van der Waals surface area contributed by atoms with E-state index in [9.17, 15) is 4.79 Å². The monoisotopic (exact) mass is 248 g/mol. The molecule has 0 bridgehead atoms. The van der Waals surface area contributed by atoms with E-state index in [1.807, 2.05) is 6.07 Å². The van der Waals surface area contributed by atoms with Gasteiger partial charge in [-0.1, -0.05) is 0 Å². The molecule has 0 radical (unpaired) electrons. The first-order valence-electron chi connectivity index (χ1n) is 6.50. The maximum absolute atomic E-state index is 11.2. The Balaban J connectivity index is 1.94. The molecule has 0 saturated heterocycles. The van der Waals surface area contributed by atoms with E-state index in [-0.39, 0.29) is 0 Å². The summed E-state index contributed by atoms with van der Waals surface area (Å²) in [7, 11) is 0. The molecule has 18 heavy (non-hydrogen) atoms. The fourth-order valence-electron chi connectivity index (χ4n) is 2.10. The van der Waals surface area contributed by atoms with Gasteiger partial charge in [-0.15, -0.1) is 0 Å². The predicted molar refractivity (Wildman–Crippen MR) is 71.7 cm³/mol. The van der Waals surface area contributed by atoms with E-state index in [0.29, 0.717) is 30.7 Å². The molecule has 0 amide bonds. The second kappa shape index (κ2) is 5.80. The molecule has 1 fully saturated rings. The first-order valence-corrected chi connectivity index (χ1v) is 6.50. The van der Waals surface area contributed by atoms with Crippen molar-refractivity contribution >= 4 is 17.4 Å². The van der Waals surface area contributed by atoms with Crippen molar-refractivity contribution in [2.45, 2.75) is 51.6 Å². The van der Waals surface area contributed by atoms with Gasteiger partial charge >= 0.3 is 0 Å². The molecule has 0 aromatic carbocycles. The van der Waals surface area contributed by atoms with Crippen molar-refractivity contribution in [1.29, 1.82) is 0 Å².